The van der Waals surface area contributed by atoms with Crippen LogP contribution < -0.4 is 10.5 Å². The van der Waals surface area contributed by atoms with Crippen molar-refractivity contribution in [3.05, 3.63) is 29.8 Å². The third-order valence-corrected chi connectivity index (χ3v) is 4.14. The number of rotatable bonds is 4. The molecule has 1 saturated carbocycles. The zero-order chi connectivity index (χ0) is 13.3. The molecule has 1 fully saturated rings. The average molecular weight is 268 g/mol. The lowest BCUT2D eigenvalue weighted by Crippen LogP contribution is -2.26. The van der Waals surface area contributed by atoms with E-state index in [1.165, 1.54) is 18.2 Å². The van der Waals surface area contributed by atoms with Gasteiger partial charge in [-0.15, -0.1) is 0 Å². The Labute approximate surface area is 106 Å². The van der Waals surface area contributed by atoms with Crippen LogP contribution in [0.15, 0.2) is 29.2 Å². The topological polar surface area (TPSA) is 89.3 Å². The van der Waals surface area contributed by atoms with Gasteiger partial charge in [-0.25, -0.2) is 13.6 Å². The maximum atomic E-state index is 11.8. The molecule has 1 aliphatic rings. The van der Waals surface area contributed by atoms with E-state index in [0.717, 1.165) is 6.42 Å². The smallest absolute Gasteiger partial charge is 0.251 e. The molecule has 1 amide bonds. The molecule has 1 aliphatic carbocycles. The van der Waals surface area contributed by atoms with E-state index in [9.17, 15) is 13.2 Å². The van der Waals surface area contributed by atoms with Gasteiger partial charge in [0.1, 0.15) is 0 Å². The zero-order valence-electron chi connectivity index (χ0n) is 10.1. The fraction of sp³-hybridized carbons (Fsp3) is 0.417. The van der Waals surface area contributed by atoms with E-state index in [-0.39, 0.29) is 10.8 Å². The second-order valence-electron chi connectivity index (χ2n) is 4.76. The van der Waals surface area contributed by atoms with E-state index in [0.29, 0.717) is 23.9 Å². The molecule has 0 aromatic heterocycles. The Kier molecular flexibility index (Phi) is 3.41. The summed E-state index contributed by atoms with van der Waals surface area (Å²) in [6, 6.07) is 5.74. The molecule has 2 unspecified atom stereocenters. The Morgan fingerprint density at radius 3 is 2.72 bits per heavy atom. The number of hydrogen-bond donors (Lipinski definition) is 2. The minimum atomic E-state index is -3.77. The van der Waals surface area contributed by atoms with Crippen LogP contribution >= 0.6 is 0 Å². The molecule has 2 rings (SSSR count). The summed E-state index contributed by atoms with van der Waals surface area (Å²) in [4.78, 5) is 11.8. The summed E-state index contributed by atoms with van der Waals surface area (Å²) in [6.45, 7) is 2.78. The Morgan fingerprint density at radius 2 is 2.17 bits per heavy atom. The van der Waals surface area contributed by atoms with Gasteiger partial charge in [0.2, 0.25) is 10.0 Å². The van der Waals surface area contributed by atoms with E-state index < -0.39 is 10.0 Å². The summed E-state index contributed by atoms with van der Waals surface area (Å²) < 4.78 is 22.3. The largest absolute Gasteiger partial charge is 0.352 e. The first-order valence-corrected chi connectivity index (χ1v) is 7.33. The highest BCUT2D eigenvalue weighted by Gasteiger charge is 2.32. The number of sulfonamides is 1. The first kappa shape index (κ1) is 13.0. The number of nitrogens with one attached hydrogen (secondary N) is 1. The second kappa shape index (κ2) is 4.70. The van der Waals surface area contributed by atoms with Gasteiger partial charge in [0.25, 0.3) is 5.91 Å². The molecule has 6 heteroatoms. The Morgan fingerprint density at radius 1 is 1.50 bits per heavy atom. The molecule has 1 aromatic carbocycles. The third kappa shape index (κ3) is 3.08. The van der Waals surface area contributed by atoms with Crippen LogP contribution in [0.25, 0.3) is 0 Å². The van der Waals surface area contributed by atoms with Crippen molar-refractivity contribution in [2.75, 3.05) is 6.54 Å². The molecule has 0 heterocycles. The van der Waals surface area contributed by atoms with Gasteiger partial charge in [-0.3, -0.25) is 4.79 Å². The number of carbonyl (C=O) groups is 1. The van der Waals surface area contributed by atoms with Gasteiger partial charge < -0.3 is 5.32 Å². The van der Waals surface area contributed by atoms with Gasteiger partial charge in [0.05, 0.1) is 4.90 Å². The SMILES string of the molecule is CC1CC1CNC(=O)c1cccc(S(N)(=O)=O)c1. The lowest BCUT2D eigenvalue weighted by atomic mass is 10.2. The van der Waals surface area contributed by atoms with Crippen molar-refractivity contribution in [1.29, 1.82) is 0 Å². The highest BCUT2D eigenvalue weighted by Crippen LogP contribution is 2.36. The van der Waals surface area contributed by atoms with Crippen LogP contribution in [-0.4, -0.2) is 20.9 Å². The number of carbonyl (C=O) groups excluding carboxylic acids is 1. The van der Waals surface area contributed by atoms with E-state index in [1.54, 1.807) is 6.07 Å². The molecule has 0 spiro atoms. The van der Waals surface area contributed by atoms with Gasteiger partial charge >= 0.3 is 0 Å². The predicted octanol–water partition coefficient (Wildman–Crippen LogP) is 0.720. The summed E-state index contributed by atoms with van der Waals surface area (Å²) >= 11 is 0. The number of benzene rings is 1. The Hall–Kier alpha value is -1.40. The second-order valence-corrected chi connectivity index (χ2v) is 6.32. The molecule has 0 radical (unpaired) electrons. The summed E-state index contributed by atoms with van der Waals surface area (Å²) in [5.41, 5.74) is 0.315. The molecule has 3 N–H and O–H groups in total. The molecule has 0 saturated heterocycles. The van der Waals surface area contributed by atoms with Crippen LogP contribution in [0.2, 0.25) is 0 Å². The van der Waals surface area contributed by atoms with Crippen molar-refractivity contribution in [1.82, 2.24) is 5.32 Å². The van der Waals surface area contributed by atoms with Crippen molar-refractivity contribution >= 4 is 15.9 Å². The third-order valence-electron chi connectivity index (χ3n) is 3.23. The number of nitrogens with two attached hydrogens (primary N) is 1. The minimum absolute atomic E-state index is 0.0464. The van der Waals surface area contributed by atoms with Crippen molar-refractivity contribution in [2.45, 2.75) is 18.2 Å². The van der Waals surface area contributed by atoms with Gasteiger partial charge in [-0.05, 0) is 36.5 Å². The summed E-state index contributed by atoms with van der Waals surface area (Å²) in [5.74, 6) is 0.955. The molecule has 98 valence electrons. The first-order valence-electron chi connectivity index (χ1n) is 5.79. The van der Waals surface area contributed by atoms with Crippen LogP contribution in [0.3, 0.4) is 0 Å². The quantitative estimate of drug-likeness (QED) is 0.843. The fourth-order valence-electron chi connectivity index (χ4n) is 1.82. The highest BCUT2D eigenvalue weighted by atomic mass is 32.2. The van der Waals surface area contributed by atoms with Crippen molar-refractivity contribution < 1.29 is 13.2 Å². The molecular weight excluding hydrogens is 252 g/mol. The summed E-state index contributed by atoms with van der Waals surface area (Å²) in [6.07, 6.45) is 1.14. The number of hydrogen-bond acceptors (Lipinski definition) is 3. The maximum absolute atomic E-state index is 11.8. The van der Waals surface area contributed by atoms with Crippen LogP contribution in [0.4, 0.5) is 0 Å². The Bertz CT molecular complexity index is 568. The monoisotopic (exact) mass is 268 g/mol. The lowest BCUT2D eigenvalue weighted by molar-refractivity contribution is 0.0951. The lowest BCUT2D eigenvalue weighted by Gasteiger charge is -2.05. The minimum Gasteiger partial charge on any atom is -0.352 e. The van der Waals surface area contributed by atoms with Gasteiger partial charge in [-0.1, -0.05) is 13.0 Å². The molecule has 0 aliphatic heterocycles. The van der Waals surface area contributed by atoms with Crippen molar-refractivity contribution in [2.24, 2.45) is 17.0 Å². The molecule has 0 bridgehead atoms. The summed E-state index contributed by atoms with van der Waals surface area (Å²) in [7, 11) is -3.77. The van der Waals surface area contributed by atoms with E-state index in [1.807, 2.05) is 0 Å². The van der Waals surface area contributed by atoms with E-state index >= 15 is 0 Å². The van der Waals surface area contributed by atoms with Crippen LogP contribution in [0.1, 0.15) is 23.7 Å². The van der Waals surface area contributed by atoms with Crippen LogP contribution in [0, 0.1) is 11.8 Å². The predicted molar refractivity (Wildman–Crippen MR) is 67.4 cm³/mol. The molecule has 5 nitrogen and oxygen atoms in total. The highest BCUT2D eigenvalue weighted by molar-refractivity contribution is 7.89. The molecule has 1 aromatic rings. The first-order chi connectivity index (χ1) is 8.38. The van der Waals surface area contributed by atoms with Gasteiger partial charge in [0, 0.05) is 12.1 Å². The van der Waals surface area contributed by atoms with Gasteiger partial charge in [-0.2, -0.15) is 0 Å². The van der Waals surface area contributed by atoms with Crippen molar-refractivity contribution in [3.8, 4) is 0 Å². The van der Waals surface area contributed by atoms with E-state index in [4.69, 9.17) is 5.14 Å². The van der Waals surface area contributed by atoms with E-state index in [2.05, 4.69) is 12.2 Å². The van der Waals surface area contributed by atoms with Crippen molar-refractivity contribution in [3.63, 3.8) is 0 Å². The average Bonchev–Trinajstić information content (AvgIpc) is 3.01. The number of primary sulfonamides is 1. The molecule has 2 atom stereocenters. The molecule has 18 heavy (non-hydrogen) atoms. The fourth-order valence-corrected chi connectivity index (χ4v) is 2.38. The maximum Gasteiger partial charge on any atom is 0.251 e. The normalized spacial score (nSPS) is 22.6. The standard InChI is InChI=1S/C12H16N2O3S/c1-8-5-10(8)7-14-12(15)9-3-2-4-11(6-9)18(13,16)17/h2-4,6,8,10H,5,7H2,1H3,(H,14,15)(H2,13,16,17). The van der Waals surface area contributed by atoms with Gasteiger partial charge in [0.15, 0.2) is 0 Å². The number of amides is 1. The van der Waals surface area contributed by atoms with Crippen LogP contribution in [0.5, 0.6) is 0 Å². The summed E-state index contributed by atoms with van der Waals surface area (Å²) in [5, 5.41) is 7.81. The van der Waals surface area contributed by atoms with Crippen LogP contribution in [-0.2, 0) is 10.0 Å². The molecular formula is C12H16N2O3S. The Balaban J connectivity index is 2.06. The zero-order valence-corrected chi connectivity index (χ0v) is 10.9.